The van der Waals surface area contributed by atoms with Crippen LogP contribution in [0.2, 0.25) is 0 Å². The lowest BCUT2D eigenvalue weighted by Gasteiger charge is -2.23. The summed E-state index contributed by atoms with van der Waals surface area (Å²) in [6.45, 7) is 4.26. The summed E-state index contributed by atoms with van der Waals surface area (Å²) in [6, 6.07) is 5.21. The van der Waals surface area contributed by atoms with Crippen molar-refractivity contribution in [2.45, 2.75) is 26.2 Å². The van der Waals surface area contributed by atoms with Crippen LogP contribution in [0.5, 0.6) is 11.5 Å². The first-order valence-corrected chi connectivity index (χ1v) is 6.90. The van der Waals surface area contributed by atoms with Crippen molar-refractivity contribution in [2.75, 3.05) is 11.9 Å². The van der Waals surface area contributed by atoms with Crippen LogP contribution < -0.4 is 10.1 Å². The Kier molecular flexibility index (Phi) is 3.29. The number of amides is 1. The third kappa shape index (κ3) is 2.33. The highest BCUT2D eigenvalue weighted by atomic mass is 16.5. The molecule has 0 bridgehead atoms. The fourth-order valence-electron chi connectivity index (χ4n) is 2.73. The number of fused-ring (bicyclic) bond motifs is 1. The summed E-state index contributed by atoms with van der Waals surface area (Å²) >= 11 is 0. The number of aromatic amines is 1. The molecule has 1 aliphatic rings. The Morgan fingerprint density at radius 2 is 2.29 bits per heavy atom. The van der Waals surface area contributed by atoms with Crippen molar-refractivity contribution in [3.8, 4) is 11.5 Å². The molecule has 0 unspecified atom stereocenters. The number of aromatic nitrogens is 2. The molecule has 0 radical (unpaired) electrons. The van der Waals surface area contributed by atoms with E-state index in [4.69, 9.17) is 4.74 Å². The summed E-state index contributed by atoms with van der Waals surface area (Å²) in [5.74, 6) is 0.964. The van der Waals surface area contributed by atoms with Gasteiger partial charge in [0.1, 0.15) is 0 Å². The monoisotopic (exact) mass is 287 g/mol. The molecule has 2 heterocycles. The molecule has 1 aromatic heterocycles. The number of ether oxygens (including phenoxy) is 1. The number of rotatable bonds is 3. The van der Waals surface area contributed by atoms with Gasteiger partial charge in [-0.25, -0.2) is 0 Å². The van der Waals surface area contributed by atoms with Gasteiger partial charge in [0.05, 0.1) is 6.61 Å². The molecule has 3 rings (SSSR count). The first-order valence-electron chi connectivity index (χ1n) is 6.90. The molecule has 0 fully saturated rings. The predicted molar refractivity (Wildman–Crippen MR) is 77.7 cm³/mol. The minimum Gasteiger partial charge on any atom is -0.504 e. The highest BCUT2D eigenvalue weighted by molar-refractivity contribution is 5.94. The molecule has 110 valence electrons. The number of carbonyl (C=O) groups excluding carboxylic acids is 1. The quantitative estimate of drug-likeness (QED) is 0.808. The van der Waals surface area contributed by atoms with Crippen molar-refractivity contribution in [2.24, 2.45) is 0 Å². The van der Waals surface area contributed by atoms with E-state index >= 15 is 0 Å². The normalized spacial score (nSPS) is 17.2. The molecule has 0 aliphatic carbocycles. The zero-order valence-electron chi connectivity index (χ0n) is 11.9. The van der Waals surface area contributed by atoms with Gasteiger partial charge in [-0.15, -0.1) is 0 Å². The van der Waals surface area contributed by atoms with Crippen LogP contribution in [0.15, 0.2) is 18.2 Å². The summed E-state index contributed by atoms with van der Waals surface area (Å²) < 4.78 is 5.42. The minimum atomic E-state index is -0.0905. The number of hydrogen-bond donors (Lipinski definition) is 3. The van der Waals surface area contributed by atoms with Gasteiger partial charge in [0.25, 0.3) is 0 Å². The van der Waals surface area contributed by atoms with Gasteiger partial charge < -0.3 is 15.2 Å². The molecule has 0 saturated heterocycles. The second kappa shape index (κ2) is 5.12. The molecule has 0 spiro atoms. The molecular formula is C15H17N3O3. The molecule has 21 heavy (non-hydrogen) atoms. The van der Waals surface area contributed by atoms with Gasteiger partial charge in [-0.1, -0.05) is 6.07 Å². The molecule has 6 nitrogen and oxygen atoms in total. The van der Waals surface area contributed by atoms with E-state index in [2.05, 4.69) is 15.5 Å². The molecule has 0 saturated carbocycles. The Labute approximate surface area is 122 Å². The van der Waals surface area contributed by atoms with Crippen molar-refractivity contribution < 1.29 is 14.6 Å². The molecule has 2 aromatic rings. The number of benzene rings is 1. The van der Waals surface area contributed by atoms with E-state index in [1.165, 1.54) is 0 Å². The molecule has 6 heteroatoms. The van der Waals surface area contributed by atoms with Crippen LogP contribution in [-0.2, 0) is 4.79 Å². The van der Waals surface area contributed by atoms with Crippen LogP contribution in [0, 0.1) is 6.92 Å². The second-order valence-corrected chi connectivity index (χ2v) is 5.08. The van der Waals surface area contributed by atoms with E-state index in [-0.39, 0.29) is 17.6 Å². The van der Waals surface area contributed by atoms with Crippen LogP contribution >= 0.6 is 0 Å². The molecule has 3 N–H and O–H groups in total. The van der Waals surface area contributed by atoms with Crippen molar-refractivity contribution in [3.05, 3.63) is 35.0 Å². The molecule has 1 atom stereocenters. The first kappa shape index (κ1) is 13.5. The van der Waals surface area contributed by atoms with E-state index < -0.39 is 0 Å². The number of anilines is 1. The lowest BCUT2D eigenvalue weighted by Crippen LogP contribution is -2.23. The van der Waals surface area contributed by atoms with Gasteiger partial charge in [0.2, 0.25) is 5.91 Å². The number of aromatic hydroxyl groups is 1. The van der Waals surface area contributed by atoms with E-state index in [1.807, 2.05) is 19.9 Å². The standard InChI is InChI=1S/C15H17N3O3/c1-3-21-12-6-9(4-5-11(12)19)10-7-13(20)16-15-14(10)8(2)17-18-15/h4-6,10,19H,3,7H2,1-2H3,(H2,16,17,18,20)/t10-/m0/s1. The van der Waals surface area contributed by atoms with Gasteiger partial charge in [-0.05, 0) is 31.5 Å². The highest BCUT2D eigenvalue weighted by Gasteiger charge is 2.30. The summed E-state index contributed by atoms with van der Waals surface area (Å²) in [5.41, 5.74) is 2.85. The fourth-order valence-corrected chi connectivity index (χ4v) is 2.73. The number of aryl methyl sites for hydroxylation is 1. The zero-order chi connectivity index (χ0) is 15.0. The summed E-state index contributed by atoms with van der Waals surface area (Å²) in [5, 5.41) is 19.6. The van der Waals surface area contributed by atoms with Gasteiger partial charge in [-0.3, -0.25) is 9.89 Å². The van der Waals surface area contributed by atoms with Gasteiger partial charge >= 0.3 is 0 Å². The lowest BCUT2D eigenvalue weighted by molar-refractivity contribution is -0.116. The highest BCUT2D eigenvalue weighted by Crippen LogP contribution is 2.40. The third-order valence-electron chi connectivity index (χ3n) is 3.68. The predicted octanol–water partition coefficient (Wildman–Crippen LogP) is 2.30. The number of phenolic OH excluding ortho intramolecular Hbond substituents is 1. The Balaban J connectivity index is 2.06. The summed E-state index contributed by atoms with van der Waals surface area (Å²) in [7, 11) is 0. The van der Waals surface area contributed by atoms with Gasteiger partial charge in [0, 0.05) is 23.6 Å². The van der Waals surface area contributed by atoms with Crippen molar-refractivity contribution in [3.63, 3.8) is 0 Å². The van der Waals surface area contributed by atoms with E-state index in [0.717, 1.165) is 16.8 Å². The van der Waals surface area contributed by atoms with Crippen LogP contribution in [-0.4, -0.2) is 27.8 Å². The van der Waals surface area contributed by atoms with Crippen LogP contribution in [0.3, 0.4) is 0 Å². The maximum atomic E-state index is 11.9. The topological polar surface area (TPSA) is 87.2 Å². The number of phenols is 1. The fraction of sp³-hybridized carbons (Fsp3) is 0.333. The van der Waals surface area contributed by atoms with E-state index in [0.29, 0.717) is 24.6 Å². The first-order chi connectivity index (χ1) is 10.1. The summed E-state index contributed by atoms with van der Waals surface area (Å²) in [4.78, 5) is 11.9. The third-order valence-corrected chi connectivity index (χ3v) is 3.68. The Bertz CT molecular complexity index is 693. The van der Waals surface area contributed by atoms with E-state index in [1.54, 1.807) is 12.1 Å². The van der Waals surface area contributed by atoms with E-state index in [9.17, 15) is 9.90 Å². The smallest absolute Gasteiger partial charge is 0.226 e. The molecule has 1 amide bonds. The van der Waals surface area contributed by atoms with Crippen LogP contribution in [0.1, 0.15) is 36.1 Å². The minimum absolute atomic E-state index is 0.0648. The maximum absolute atomic E-state index is 11.9. The lowest BCUT2D eigenvalue weighted by atomic mass is 9.85. The van der Waals surface area contributed by atoms with Crippen LogP contribution in [0.4, 0.5) is 5.82 Å². The Hall–Kier alpha value is -2.50. The zero-order valence-corrected chi connectivity index (χ0v) is 11.9. The SMILES string of the molecule is CCOc1cc([C@@H]2CC(=O)Nc3n[nH]c(C)c32)ccc1O. The Morgan fingerprint density at radius 3 is 3.05 bits per heavy atom. The van der Waals surface area contributed by atoms with Gasteiger partial charge in [0.15, 0.2) is 17.3 Å². The van der Waals surface area contributed by atoms with Crippen molar-refractivity contribution in [1.29, 1.82) is 0 Å². The van der Waals surface area contributed by atoms with Crippen molar-refractivity contribution in [1.82, 2.24) is 10.2 Å². The molecule has 1 aliphatic heterocycles. The average Bonchev–Trinajstić information content (AvgIpc) is 2.82. The number of nitrogens with zero attached hydrogens (tertiary/aromatic N) is 1. The molecular weight excluding hydrogens is 270 g/mol. The van der Waals surface area contributed by atoms with Gasteiger partial charge in [-0.2, -0.15) is 5.10 Å². The maximum Gasteiger partial charge on any atom is 0.226 e. The summed E-state index contributed by atoms with van der Waals surface area (Å²) in [6.07, 6.45) is 0.351. The number of carbonyl (C=O) groups is 1. The second-order valence-electron chi connectivity index (χ2n) is 5.08. The van der Waals surface area contributed by atoms with Crippen LogP contribution in [0.25, 0.3) is 0 Å². The largest absolute Gasteiger partial charge is 0.504 e. The number of hydrogen-bond acceptors (Lipinski definition) is 4. The Morgan fingerprint density at radius 1 is 1.48 bits per heavy atom. The number of nitrogens with one attached hydrogen (secondary N) is 2. The molecule has 1 aromatic carbocycles. The average molecular weight is 287 g/mol. The van der Waals surface area contributed by atoms with Crippen molar-refractivity contribution >= 4 is 11.7 Å². The number of H-pyrrole nitrogens is 1.